The third kappa shape index (κ3) is 6.65. The molecule has 0 aromatic rings. The quantitative estimate of drug-likeness (QED) is 0.234. The number of carbonyl (C=O) groups excluding carboxylic acids is 1. The molecule has 2 heterocycles. The first-order valence-corrected chi connectivity index (χ1v) is 10.0. The fourth-order valence-electron chi connectivity index (χ4n) is 3.91. The fraction of sp³-hybridized carbons (Fsp3) is 0.850. The molecule has 2 rings (SSSR count). The summed E-state index contributed by atoms with van der Waals surface area (Å²) in [5.41, 5.74) is 0. The van der Waals surface area contributed by atoms with Crippen LogP contribution in [0.4, 0.5) is 0 Å². The number of ether oxygens (including phenoxy) is 3. The highest BCUT2D eigenvalue weighted by Crippen LogP contribution is 2.45. The minimum atomic E-state index is -0.448. The maximum atomic E-state index is 11.2. The SMILES string of the molecule is CCCCCCOC[C@@H]1[C@H](C/C=C\COCC(=O)N(C)O)[C@@H]2CC[C@H]1O2. The molecule has 2 fully saturated rings. The van der Waals surface area contributed by atoms with Gasteiger partial charge in [-0.15, -0.1) is 0 Å². The van der Waals surface area contributed by atoms with Crippen LogP contribution in [0.2, 0.25) is 0 Å². The molecule has 0 unspecified atom stereocenters. The van der Waals surface area contributed by atoms with E-state index in [2.05, 4.69) is 13.0 Å². The van der Waals surface area contributed by atoms with Crippen molar-refractivity contribution in [2.45, 2.75) is 64.1 Å². The molecule has 0 aliphatic carbocycles. The van der Waals surface area contributed by atoms with Gasteiger partial charge in [-0.1, -0.05) is 38.3 Å². The molecule has 0 aromatic heterocycles. The molecule has 6 heteroatoms. The highest BCUT2D eigenvalue weighted by molar-refractivity contribution is 5.75. The van der Waals surface area contributed by atoms with E-state index in [1.165, 1.54) is 26.3 Å². The van der Waals surface area contributed by atoms with Crippen molar-refractivity contribution in [3.05, 3.63) is 12.2 Å². The Labute approximate surface area is 157 Å². The van der Waals surface area contributed by atoms with Crippen LogP contribution in [0.1, 0.15) is 51.9 Å². The van der Waals surface area contributed by atoms with Gasteiger partial charge < -0.3 is 14.2 Å². The van der Waals surface area contributed by atoms with Crippen LogP contribution in [0.3, 0.4) is 0 Å². The second kappa shape index (κ2) is 11.7. The van der Waals surface area contributed by atoms with Gasteiger partial charge in [0.2, 0.25) is 0 Å². The molecular formula is C20H35NO5. The molecule has 1 N–H and O–H groups in total. The smallest absolute Gasteiger partial charge is 0.271 e. The van der Waals surface area contributed by atoms with Crippen molar-refractivity contribution < 1.29 is 24.2 Å². The van der Waals surface area contributed by atoms with E-state index in [9.17, 15) is 4.79 Å². The molecule has 2 aliphatic heterocycles. The summed E-state index contributed by atoms with van der Waals surface area (Å²) in [5, 5.41) is 9.49. The predicted octanol–water partition coefficient (Wildman–Crippen LogP) is 3.19. The van der Waals surface area contributed by atoms with Gasteiger partial charge in [0.15, 0.2) is 0 Å². The third-order valence-corrected chi connectivity index (χ3v) is 5.42. The number of nitrogens with zero attached hydrogens (tertiary/aromatic N) is 1. The summed E-state index contributed by atoms with van der Waals surface area (Å²) < 4.78 is 17.3. The largest absolute Gasteiger partial charge is 0.381 e. The van der Waals surface area contributed by atoms with Crippen molar-refractivity contribution in [3.63, 3.8) is 0 Å². The molecule has 0 aromatic carbocycles. The lowest BCUT2D eigenvalue weighted by atomic mass is 9.78. The van der Waals surface area contributed by atoms with E-state index in [-0.39, 0.29) is 6.61 Å². The molecule has 2 aliphatic rings. The Morgan fingerprint density at radius 2 is 1.92 bits per heavy atom. The number of fused-ring (bicyclic) bond motifs is 2. The van der Waals surface area contributed by atoms with E-state index < -0.39 is 5.91 Å². The van der Waals surface area contributed by atoms with Crippen LogP contribution in [-0.4, -0.2) is 61.9 Å². The molecule has 0 radical (unpaired) electrons. The lowest BCUT2D eigenvalue weighted by molar-refractivity contribution is -0.163. The summed E-state index contributed by atoms with van der Waals surface area (Å²) in [6, 6.07) is 0. The zero-order chi connectivity index (χ0) is 18.8. The van der Waals surface area contributed by atoms with Crippen LogP contribution in [0, 0.1) is 11.8 Å². The van der Waals surface area contributed by atoms with Crippen LogP contribution in [-0.2, 0) is 19.0 Å². The van der Waals surface area contributed by atoms with Gasteiger partial charge in [0.1, 0.15) is 6.61 Å². The number of carbonyl (C=O) groups is 1. The Kier molecular flexibility index (Phi) is 9.61. The Bertz CT molecular complexity index is 440. The zero-order valence-corrected chi connectivity index (χ0v) is 16.3. The van der Waals surface area contributed by atoms with Gasteiger partial charge in [0, 0.05) is 19.6 Å². The number of hydroxylamine groups is 2. The average molecular weight is 370 g/mol. The number of rotatable bonds is 13. The maximum absolute atomic E-state index is 11.2. The zero-order valence-electron chi connectivity index (χ0n) is 16.3. The molecule has 0 saturated carbocycles. The standard InChI is InChI=1S/C20H35NO5/c1-3-4-5-7-12-24-14-17-16(18-10-11-19(17)26-18)9-6-8-13-25-15-20(22)21(2)23/h6,8,16-19,23H,3-5,7,9-15H2,1-2H3/b8-6-/t16-,17+,18-,19+/m0/s1. The van der Waals surface area contributed by atoms with Gasteiger partial charge >= 0.3 is 0 Å². The van der Waals surface area contributed by atoms with Crippen molar-refractivity contribution in [1.82, 2.24) is 5.06 Å². The number of hydrogen-bond acceptors (Lipinski definition) is 5. The lowest BCUT2D eigenvalue weighted by Crippen LogP contribution is -2.30. The highest BCUT2D eigenvalue weighted by atomic mass is 16.5. The third-order valence-electron chi connectivity index (χ3n) is 5.42. The molecule has 2 bridgehead atoms. The molecule has 150 valence electrons. The fourth-order valence-corrected chi connectivity index (χ4v) is 3.91. The molecular weight excluding hydrogens is 334 g/mol. The Morgan fingerprint density at radius 3 is 2.65 bits per heavy atom. The van der Waals surface area contributed by atoms with Gasteiger partial charge in [-0.2, -0.15) is 0 Å². The topological polar surface area (TPSA) is 68.2 Å². The first-order chi connectivity index (χ1) is 12.6. The van der Waals surface area contributed by atoms with Crippen molar-refractivity contribution in [2.24, 2.45) is 11.8 Å². The number of unbranched alkanes of at least 4 members (excludes halogenated alkanes) is 3. The van der Waals surface area contributed by atoms with E-state index >= 15 is 0 Å². The minimum absolute atomic E-state index is 0.108. The van der Waals surface area contributed by atoms with Crippen LogP contribution >= 0.6 is 0 Å². The number of allylic oxidation sites excluding steroid dienone is 1. The molecule has 6 nitrogen and oxygen atoms in total. The van der Waals surface area contributed by atoms with Gasteiger partial charge in [0.25, 0.3) is 5.91 Å². The second-order valence-corrected chi connectivity index (χ2v) is 7.39. The van der Waals surface area contributed by atoms with E-state index in [1.807, 2.05) is 6.08 Å². The number of amides is 1. The Morgan fingerprint density at radius 1 is 1.15 bits per heavy atom. The predicted molar refractivity (Wildman–Crippen MR) is 99.0 cm³/mol. The first kappa shape index (κ1) is 21.4. The molecule has 26 heavy (non-hydrogen) atoms. The van der Waals surface area contributed by atoms with Crippen molar-refractivity contribution in [2.75, 3.05) is 33.5 Å². The Balaban J connectivity index is 1.64. The molecule has 2 saturated heterocycles. The van der Waals surface area contributed by atoms with Gasteiger partial charge in [-0.25, -0.2) is 5.06 Å². The van der Waals surface area contributed by atoms with E-state index in [0.29, 0.717) is 35.7 Å². The van der Waals surface area contributed by atoms with Crippen LogP contribution in [0.25, 0.3) is 0 Å². The van der Waals surface area contributed by atoms with Crippen molar-refractivity contribution in [1.29, 1.82) is 0 Å². The first-order valence-electron chi connectivity index (χ1n) is 10.0. The van der Waals surface area contributed by atoms with E-state index in [4.69, 9.17) is 19.4 Å². The summed E-state index contributed by atoms with van der Waals surface area (Å²) in [5.74, 6) is 0.567. The van der Waals surface area contributed by atoms with Crippen molar-refractivity contribution in [3.8, 4) is 0 Å². The maximum Gasteiger partial charge on any atom is 0.271 e. The second-order valence-electron chi connectivity index (χ2n) is 7.39. The number of likely N-dealkylation sites (N-methyl/N-ethyl adjacent to an activating group) is 1. The van der Waals surface area contributed by atoms with Gasteiger partial charge in [-0.3, -0.25) is 10.0 Å². The lowest BCUT2D eigenvalue weighted by Gasteiger charge is -2.27. The number of hydrogen-bond donors (Lipinski definition) is 1. The summed E-state index contributed by atoms with van der Waals surface area (Å²) in [6.45, 7) is 4.15. The molecule has 1 amide bonds. The normalized spacial score (nSPS) is 27.5. The molecule has 4 atom stereocenters. The van der Waals surface area contributed by atoms with Gasteiger partial charge in [0.05, 0.1) is 25.4 Å². The van der Waals surface area contributed by atoms with Crippen LogP contribution in [0.15, 0.2) is 12.2 Å². The highest BCUT2D eigenvalue weighted by Gasteiger charge is 2.48. The average Bonchev–Trinajstić information content (AvgIpc) is 3.22. The summed E-state index contributed by atoms with van der Waals surface area (Å²) >= 11 is 0. The van der Waals surface area contributed by atoms with Crippen LogP contribution < -0.4 is 0 Å². The van der Waals surface area contributed by atoms with Crippen molar-refractivity contribution >= 4 is 5.91 Å². The van der Waals surface area contributed by atoms with E-state index in [0.717, 1.165) is 38.9 Å². The monoisotopic (exact) mass is 369 g/mol. The van der Waals surface area contributed by atoms with Crippen LogP contribution in [0.5, 0.6) is 0 Å². The molecule has 0 spiro atoms. The summed E-state index contributed by atoms with van der Waals surface area (Å²) in [4.78, 5) is 11.2. The van der Waals surface area contributed by atoms with E-state index in [1.54, 1.807) is 0 Å². The minimum Gasteiger partial charge on any atom is -0.381 e. The van der Waals surface area contributed by atoms with Gasteiger partial charge in [-0.05, 0) is 31.6 Å². The summed E-state index contributed by atoms with van der Waals surface area (Å²) in [6.07, 6.45) is 13.0. The summed E-state index contributed by atoms with van der Waals surface area (Å²) in [7, 11) is 1.29. The Hall–Kier alpha value is -0.950.